The second-order valence-corrected chi connectivity index (χ2v) is 3.34. The molecular weight excluding hydrogens is 136 g/mol. The van der Waals surface area contributed by atoms with Gasteiger partial charge in [0.15, 0.2) is 0 Å². The molecule has 1 saturated heterocycles. The molecule has 2 nitrogen and oxygen atoms in total. The van der Waals surface area contributed by atoms with Crippen LogP contribution >= 0.6 is 11.8 Å². The first-order valence-corrected chi connectivity index (χ1v) is 4.09. The summed E-state index contributed by atoms with van der Waals surface area (Å²) < 4.78 is 4.57. The minimum Gasteiger partial charge on any atom is -0.468 e. The molecule has 1 atom stereocenters. The monoisotopic (exact) mass is 146 g/mol. The fraction of sp³-hybridized carbons (Fsp3) is 0.833. The van der Waals surface area contributed by atoms with E-state index in [2.05, 4.69) is 4.74 Å². The highest BCUT2D eigenvalue weighted by molar-refractivity contribution is 8.00. The molecule has 0 aliphatic carbocycles. The molecule has 1 fully saturated rings. The van der Waals surface area contributed by atoms with Gasteiger partial charge in [-0.3, -0.25) is 4.79 Å². The number of hydrogen-bond donors (Lipinski definition) is 0. The van der Waals surface area contributed by atoms with Crippen LogP contribution in [0.15, 0.2) is 0 Å². The fourth-order valence-corrected chi connectivity index (χ4v) is 2.08. The standard InChI is InChI=1S/C6H10O2S/c1-8-6(7)5-3-2-4-9-5/h5H,2-4H2,1H3/t5-/m0/s1. The summed E-state index contributed by atoms with van der Waals surface area (Å²) in [7, 11) is 1.45. The van der Waals surface area contributed by atoms with Gasteiger partial charge in [0, 0.05) is 0 Å². The molecule has 0 bridgehead atoms. The molecule has 0 saturated carbocycles. The van der Waals surface area contributed by atoms with Crippen molar-refractivity contribution in [3.8, 4) is 0 Å². The van der Waals surface area contributed by atoms with E-state index in [4.69, 9.17) is 0 Å². The normalized spacial score (nSPS) is 26.1. The van der Waals surface area contributed by atoms with Crippen LogP contribution in [0.25, 0.3) is 0 Å². The number of rotatable bonds is 1. The van der Waals surface area contributed by atoms with Crippen LogP contribution in [0.4, 0.5) is 0 Å². The van der Waals surface area contributed by atoms with Gasteiger partial charge in [-0.1, -0.05) is 0 Å². The fourth-order valence-electron chi connectivity index (χ4n) is 0.895. The summed E-state index contributed by atoms with van der Waals surface area (Å²) in [5.74, 6) is 1.05. The van der Waals surface area contributed by atoms with Crippen molar-refractivity contribution < 1.29 is 9.53 Å². The van der Waals surface area contributed by atoms with Crippen molar-refractivity contribution in [1.82, 2.24) is 0 Å². The first-order chi connectivity index (χ1) is 4.34. The second kappa shape index (κ2) is 3.11. The lowest BCUT2D eigenvalue weighted by Gasteiger charge is -2.02. The summed E-state index contributed by atoms with van der Waals surface area (Å²) in [4.78, 5) is 10.8. The SMILES string of the molecule is COC(=O)[C@@H]1CCCS1. The molecule has 0 unspecified atom stereocenters. The molecule has 1 heterocycles. The zero-order chi connectivity index (χ0) is 6.69. The molecule has 0 aromatic carbocycles. The van der Waals surface area contributed by atoms with E-state index in [0.29, 0.717) is 0 Å². The van der Waals surface area contributed by atoms with Gasteiger partial charge < -0.3 is 4.74 Å². The number of esters is 1. The molecule has 0 N–H and O–H groups in total. The molecule has 52 valence electrons. The van der Waals surface area contributed by atoms with Crippen LogP contribution in [0.5, 0.6) is 0 Å². The van der Waals surface area contributed by atoms with E-state index < -0.39 is 0 Å². The maximum atomic E-state index is 10.8. The summed E-state index contributed by atoms with van der Waals surface area (Å²) in [6, 6.07) is 0. The summed E-state index contributed by atoms with van der Waals surface area (Å²) in [5.41, 5.74) is 0. The Kier molecular flexibility index (Phi) is 2.39. The van der Waals surface area contributed by atoms with Crippen molar-refractivity contribution in [2.24, 2.45) is 0 Å². The lowest BCUT2D eigenvalue weighted by Crippen LogP contribution is -2.14. The highest BCUT2D eigenvalue weighted by atomic mass is 32.2. The van der Waals surface area contributed by atoms with Gasteiger partial charge in [0.2, 0.25) is 0 Å². The van der Waals surface area contributed by atoms with Crippen LogP contribution in [0.1, 0.15) is 12.8 Å². The first-order valence-electron chi connectivity index (χ1n) is 3.04. The van der Waals surface area contributed by atoms with Crippen molar-refractivity contribution in [2.45, 2.75) is 18.1 Å². The smallest absolute Gasteiger partial charge is 0.318 e. The second-order valence-electron chi connectivity index (χ2n) is 2.02. The van der Waals surface area contributed by atoms with E-state index in [1.54, 1.807) is 11.8 Å². The number of thioether (sulfide) groups is 1. The molecule has 9 heavy (non-hydrogen) atoms. The molecule has 0 aromatic rings. The predicted molar refractivity (Wildman–Crippen MR) is 37.5 cm³/mol. The minimum atomic E-state index is -0.0579. The van der Waals surface area contributed by atoms with Gasteiger partial charge >= 0.3 is 5.97 Å². The Morgan fingerprint density at radius 2 is 2.56 bits per heavy atom. The zero-order valence-electron chi connectivity index (χ0n) is 5.42. The Labute approximate surface area is 59.0 Å². The van der Waals surface area contributed by atoms with E-state index in [-0.39, 0.29) is 11.2 Å². The van der Waals surface area contributed by atoms with Crippen LogP contribution in [-0.2, 0) is 9.53 Å². The molecule has 0 amide bonds. The molecular formula is C6H10O2S. The van der Waals surface area contributed by atoms with Crippen LogP contribution in [-0.4, -0.2) is 24.1 Å². The number of ether oxygens (including phenoxy) is 1. The van der Waals surface area contributed by atoms with Crippen LogP contribution in [0.2, 0.25) is 0 Å². The predicted octanol–water partition coefficient (Wildman–Crippen LogP) is 1.05. The molecule has 0 spiro atoms. The van der Waals surface area contributed by atoms with Crippen LogP contribution < -0.4 is 0 Å². The van der Waals surface area contributed by atoms with Gasteiger partial charge in [0.1, 0.15) is 5.25 Å². The summed E-state index contributed by atoms with van der Waals surface area (Å²) in [5, 5.41) is 0.134. The molecule has 3 heteroatoms. The molecule has 0 radical (unpaired) electrons. The lowest BCUT2D eigenvalue weighted by atomic mass is 10.2. The van der Waals surface area contributed by atoms with Crippen molar-refractivity contribution in [2.75, 3.05) is 12.9 Å². The topological polar surface area (TPSA) is 26.3 Å². The average molecular weight is 146 g/mol. The number of hydrogen-bond acceptors (Lipinski definition) is 3. The summed E-state index contributed by atoms with van der Waals surface area (Å²) >= 11 is 1.70. The van der Waals surface area contributed by atoms with Crippen molar-refractivity contribution in [3.63, 3.8) is 0 Å². The Balaban J connectivity index is 2.32. The van der Waals surface area contributed by atoms with E-state index in [0.717, 1.165) is 18.6 Å². The van der Waals surface area contributed by atoms with Crippen molar-refractivity contribution in [1.29, 1.82) is 0 Å². The third kappa shape index (κ3) is 1.61. The third-order valence-electron chi connectivity index (χ3n) is 1.39. The van der Waals surface area contributed by atoms with Gasteiger partial charge in [-0.2, -0.15) is 0 Å². The highest BCUT2D eigenvalue weighted by Crippen LogP contribution is 2.26. The van der Waals surface area contributed by atoms with Gasteiger partial charge in [0.05, 0.1) is 7.11 Å². The molecule has 1 rings (SSSR count). The maximum absolute atomic E-state index is 10.8. The molecule has 1 aliphatic heterocycles. The quantitative estimate of drug-likeness (QED) is 0.517. The Bertz CT molecular complexity index is 108. The van der Waals surface area contributed by atoms with Crippen LogP contribution in [0.3, 0.4) is 0 Å². The van der Waals surface area contributed by atoms with Gasteiger partial charge in [-0.15, -0.1) is 11.8 Å². The van der Waals surface area contributed by atoms with E-state index in [1.807, 2.05) is 0 Å². The molecule has 1 aliphatic rings. The largest absolute Gasteiger partial charge is 0.468 e. The zero-order valence-corrected chi connectivity index (χ0v) is 6.24. The lowest BCUT2D eigenvalue weighted by molar-refractivity contribution is -0.139. The minimum absolute atomic E-state index is 0.0579. The van der Waals surface area contributed by atoms with E-state index in [9.17, 15) is 4.79 Å². The summed E-state index contributed by atoms with van der Waals surface area (Å²) in [6.07, 6.45) is 2.15. The Morgan fingerprint density at radius 1 is 1.78 bits per heavy atom. The Hall–Kier alpha value is -0.180. The average Bonchev–Trinajstić information content (AvgIpc) is 2.37. The number of methoxy groups -OCH3 is 1. The van der Waals surface area contributed by atoms with Gasteiger partial charge in [0.25, 0.3) is 0 Å². The van der Waals surface area contributed by atoms with Crippen LogP contribution in [0, 0.1) is 0 Å². The van der Waals surface area contributed by atoms with Crippen molar-refractivity contribution in [3.05, 3.63) is 0 Å². The van der Waals surface area contributed by atoms with E-state index >= 15 is 0 Å². The highest BCUT2D eigenvalue weighted by Gasteiger charge is 2.23. The van der Waals surface area contributed by atoms with Gasteiger partial charge in [-0.25, -0.2) is 0 Å². The number of carbonyl (C=O) groups excluding carboxylic acids is 1. The van der Waals surface area contributed by atoms with Gasteiger partial charge in [-0.05, 0) is 18.6 Å². The third-order valence-corrected chi connectivity index (χ3v) is 2.75. The molecule has 0 aromatic heterocycles. The Morgan fingerprint density at radius 3 is 3.00 bits per heavy atom. The number of carbonyl (C=O) groups is 1. The maximum Gasteiger partial charge on any atom is 0.318 e. The van der Waals surface area contributed by atoms with E-state index in [1.165, 1.54) is 7.11 Å². The summed E-state index contributed by atoms with van der Waals surface area (Å²) in [6.45, 7) is 0. The van der Waals surface area contributed by atoms with Crippen molar-refractivity contribution >= 4 is 17.7 Å². The first kappa shape index (κ1) is 6.93.